The minimum absolute atomic E-state index is 0. The minimum Gasteiger partial charge on any atom is -0.497 e. The number of rotatable bonds is 8. The molecule has 0 aromatic heterocycles. The lowest BCUT2D eigenvalue weighted by Gasteiger charge is -2.35. The van der Waals surface area contributed by atoms with Gasteiger partial charge in [-0.1, -0.05) is 29.8 Å². The van der Waals surface area contributed by atoms with Gasteiger partial charge in [-0.25, -0.2) is 0 Å². The third-order valence-electron chi connectivity index (χ3n) is 5.38. The standard InChI is InChI=1S/C23H31ClN4O3.HI/c1-25-23(26-15-17-8-9-18(29-2)14-22(17)30-3)27-16-21(28-10-12-31-13-11-28)19-6-4-5-7-20(19)24;/h4-9,14,21H,10-13,15-16H2,1-3H3,(H2,25,26,27);1H. The Morgan fingerprint density at radius 1 is 1.12 bits per heavy atom. The van der Waals surface area contributed by atoms with E-state index in [9.17, 15) is 0 Å². The molecule has 0 saturated carbocycles. The van der Waals surface area contributed by atoms with Gasteiger partial charge in [-0.05, 0) is 23.8 Å². The number of nitrogens with one attached hydrogen (secondary N) is 2. The third kappa shape index (κ3) is 7.13. The molecule has 2 aromatic rings. The number of halogens is 2. The van der Waals surface area contributed by atoms with E-state index in [1.54, 1.807) is 21.3 Å². The number of ether oxygens (including phenoxy) is 3. The normalized spacial score (nSPS) is 15.4. The van der Waals surface area contributed by atoms with Crippen molar-refractivity contribution in [1.82, 2.24) is 15.5 Å². The van der Waals surface area contributed by atoms with Crippen molar-refractivity contribution in [3.05, 3.63) is 58.6 Å². The summed E-state index contributed by atoms with van der Waals surface area (Å²) in [6.45, 7) is 4.43. The maximum absolute atomic E-state index is 6.53. The third-order valence-corrected chi connectivity index (χ3v) is 5.72. The number of morpholine rings is 1. The Morgan fingerprint density at radius 2 is 1.88 bits per heavy atom. The smallest absolute Gasteiger partial charge is 0.191 e. The van der Waals surface area contributed by atoms with Crippen LogP contribution in [0.2, 0.25) is 5.02 Å². The fourth-order valence-electron chi connectivity index (χ4n) is 3.66. The molecule has 0 amide bonds. The fourth-order valence-corrected chi connectivity index (χ4v) is 3.92. The lowest BCUT2D eigenvalue weighted by molar-refractivity contribution is 0.0170. The average molecular weight is 575 g/mol. The highest BCUT2D eigenvalue weighted by atomic mass is 127. The Hall–Kier alpha value is -1.75. The molecule has 1 aliphatic heterocycles. The van der Waals surface area contributed by atoms with Crippen LogP contribution in [-0.4, -0.2) is 65.0 Å². The second-order valence-electron chi connectivity index (χ2n) is 7.17. The topological polar surface area (TPSA) is 67.4 Å². The molecule has 176 valence electrons. The lowest BCUT2D eigenvalue weighted by Crippen LogP contribution is -2.46. The average Bonchev–Trinajstić information content (AvgIpc) is 2.82. The van der Waals surface area contributed by atoms with Crippen molar-refractivity contribution in [2.45, 2.75) is 12.6 Å². The quantitative estimate of drug-likeness (QED) is 0.285. The summed E-state index contributed by atoms with van der Waals surface area (Å²) in [4.78, 5) is 6.78. The van der Waals surface area contributed by atoms with Crippen LogP contribution in [0.1, 0.15) is 17.2 Å². The Bertz CT molecular complexity index is 878. The van der Waals surface area contributed by atoms with Crippen LogP contribution in [0.3, 0.4) is 0 Å². The molecule has 1 atom stereocenters. The van der Waals surface area contributed by atoms with Crippen molar-refractivity contribution in [3.8, 4) is 11.5 Å². The van der Waals surface area contributed by atoms with Crippen molar-refractivity contribution < 1.29 is 14.2 Å². The van der Waals surface area contributed by atoms with Crippen molar-refractivity contribution >= 4 is 41.5 Å². The lowest BCUT2D eigenvalue weighted by atomic mass is 10.0. The number of nitrogens with zero attached hydrogens (tertiary/aromatic N) is 2. The fraction of sp³-hybridized carbons (Fsp3) is 0.435. The summed E-state index contributed by atoms with van der Waals surface area (Å²) in [5, 5.41) is 7.59. The van der Waals surface area contributed by atoms with Crippen LogP contribution in [0.15, 0.2) is 47.5 Å². The highest BCUT2D eigenvalue weighted by molar-refractivity contribution is 14.0. The van der Waals surface area contributed by atoms with Gasteiger partial charge in [-0.15, -0.1) is 24.0 Å². The first-order valence-corrected chi connectivity index (χ1v) is 10.8. The number of methoxy groups -OCH3 is 2. The van der Waals surface area contributed by atoms with Crippen LogP contribution in [0.25, 0.3) is 0 Å². The first kappa shape index (κ1) is 26.5. The van der Waals surface area contributed by atoms with Gasteiger partial charge in [0.25, 0.3) is 0 Å². The van der Waals surface area contributed by atoms with E-state index < -0.39 is 0 Å². The molecule has 1 heterocycles. The molecule has 9 heteroatoms. The molecule has 0 aliphatic carbocycles. The van der Waals surface area contributed by atoms with Gasteiger partial charge in [0.2, 0.25) is 0 Å². The monoisotopic (exact) mass is 574 g/mol. The number of guanidine groups is 1. The Morgan fingerprint density at radius 3 is 2.53 bits per heavy atom. The minimum atomic E-state index is 0. The van der Waals surface area contributed by atoms with Crippen molar-refractivity contribution in [3.63, 3.8) is 0 Å². The molecule has 1 fully saturated rings. The maximum Gasteiger partial charge on any atom is 0.191 e. The predicted molar refractivity (Wildman–Crippen MR) is 140 cm³/mol. The van der Waals surface area contributed by atoms with Gasteiger partial charge in [0.15, 0.2) is 5.96 Å². The first-order chi connectivity index (χ1) is 15.2. The maximum atomic E-state index is 6.53. The second kappa shape index (κ2) is 13.7. The molecular weight excluding hydrogens is 543 g/mol. The molecular formula is C23H32ClIN4O3. The molecule has 0 radical (unpaired) electrons. The molecule has 1 unspecified atom stereocenters. The van der Waals surface area contributed by atoms with E-state index in [2.05, 4.69) is 26.6 Å². The number of benzene rings is 2. The summed E-state index contributed by atoms with van der Waals surface area (Å²) >= 11 is 6.53. The largest absolute Gasteiger partial charge is 0.497 e. The SMILES string of the molecule is CN=C(NCc1ccc(OC)cc1OC)NCC(c1ccccc1Cl)N1CCOCC1.I. The van der Waals surface area contributed by atoms with Gasteiger partial charge < -0.3 is 24.8 Å². The zero-order valence-electron chi connectivity index (χ0n) is 18.8. The molecule has 32 heavy (non-hydrogen) atoms. The van der Waals surface area contributed by atoms with Crippen LogP contribution in [0.5, 0.6) is 11.5 Å². The highest BCUT2D eigenvalue weighted by Crippen LogP contribution is 2.28. The number of aliphatic imine (C=N–C) groups is 1. The van der Waals surface area contributed by atoms with Crippen LogP contribution in [0.4, 0.5) is 0 Å². The molecule has 0 spiro atoms. The second-order valence-corrected chi connectivity index (χ2v) is 7.58. The van der Waals surface area contributed by atoms with E-state index in [4.69, 9.17) is 25.8 Å². The molecule has 1 aliphatic rings. The highest BCUT2D eigenvalue weighted by Gasteiger charge is 2.24. The Kier molecular flexibility index (Phi) is 11.4. The summed E-state index contributed by atoms with van der Waals surface area (Å²) in [6, 6.07) is 13.9. The molecule has 3 rings (SSSR count). The van der Waals surface area contributed by atoms with Gasteiger partial charge in [-0.2, -0.15) is 0 Å². The number of hydrogen-bond donors (Lipinski definition) is 2. The van der Waals surface area contributed by atoms with E-state index in [1.807, 2.05) is 36.4 Å². The van der Waals surface area contributed by atoms with Crippen LogP contribution in [-0.2, 0) is 11.3 Å². The van der Waals surface area contributed by atoms with E-state index in [0.29, 0.717) is 19.0 Å². The predicted octanol–water partition coefficient (Wildman–Crippen LogP) is 3.71. The number of hydrogen-bond acceptors (Lipinski definition) is 5. The van der Waals surface area contributed by atoms with E-state index in [1.165, 1.54) is 0 Å². The zero-order valence-corrected chi connectivity index (χ0v) is 21.9. The zero-order chi connectivity index (χ0) is 22.1. The van der Waals surface area contributed by atoms with Crippen molar-refractivity contribution in [2.24, 2.45) is 4.99 Å². The van der Waals surface area contributed by atoms with E-state index in [-0.39, 0.29) is 30.0 Å². The Balaban J connectivity index is 0.00000363. The Labute approximate surface area is 212 Å². The van der Waals surface area contributed by atoms with Gasteiger partial charge >= 0.3 is 0 Å². The van der Waals surface area contributed by atoms with Crippen molar-refractivity contribution in [1.29, 1.82) is 0 Å². The molecule has 7 nitrogen and oxygen atoms in total. The summed E-state index contributed by atoms with van der Waals surface area (Å²) in [7, 11) is 5.06. The summed E-state index contributed by atoms with van der Waals surface area (Å²) in [6.07, 6.45) is 0. The van der Waals surface area contributed by atoms with Crippen LogP contribution in [0, 0.1) is 0 Å². The molecule has 1 saturated heterocycles. The molecule has 2 N–H and O–H groups in total. The summed E-state index contributed by atoms with van der Waals surface area (Å²) in [5.41, 5.74) is 2.12. The molecule has 0 bridgehead atoms. The van der Waals surface area contributed by atoms with Gasteiger partial charge in [0.05, 0.1) is 33.5 Å². The van der Waals surface area contributed by atoms with Crippen LogP contribution >= 0.6 is 35.6 Å². The molecule has 2 aromatic carbocycles. The van der Waals surface area contributed by atoms with Crippen LogP contribution < -0.4 is 20.1 Å². The van der Waals surface area contributed by atoms with E-state index >= 15 is 0 Å². The van der Waals surface area contributed by atoms with Gasteiger partial charge in [0.1, 0.15) is 11.5 Å². The van der Waals surface area contributed by atoms with E-state index in [0.717, 1.165) is 54.0 Å². The summed E-state index contributed by atoms with van der Waals surface area (Å²) < 4.78 is 16.3. The van der Waals surface area contributed by atoms with Gasteiger partial charge in [-0.3, -0.25) is 9.89 Å². The first-order valence-electron chi connectivity index (χ1n) is 10.4. The van der Waals surface area contributed by atoms with Gasteiger partial charge in [0, 0.05) is 49.9 Å². The van der Waals surface area contributed by atoms with Crippen molar-refractivity contribution in [2.75, 3.05) is 54.1 Å². The summed E-state index contributed by atoms with van der Waals surface area (Å²) in [5.74, 6) is 2.24.